The lowest BCUT2D eigenvalue weighted by molar-refractivity contribution is 0.276. The number of rotatable bonds is 4. The summed E-state index contributed by atoms with van der Waals surface area (Å²) in [4.78, 5) is 0. The van der Waals surface area contributed by atoms with Crippen molar-refractivity contribution in [3.8, 4) is 0 Å². The Bertz CT molecular complexity index is 338. The van der Waals surface area contributed by atoms with E-state index in [9.17, 15) is 0 Å². The highest BCUT2D eigenvalue weighted by Crippen LogP contribution is 2.64. The molecule has 5 heteroatoms. The topological polar surface area (TPSA) is 30.5 Å². The zero-order chi connectivity index (χ0) is 11.4. The maximum Gasteiger partial charge on any atom is 0.409 e. The van der Waals surface area contributed by atoms with E-state index in [4.69, 9.17) is 9.05 Å². The van der Waals surface area contributed by atoms with Crippen LogP contribution in [0.15, 0.2) is 30.3 Å². The molecule has 0 radical (unpaired) electrons. The summed E-state index contributed by atoms with van der Waals surface area (Å²) in [6, 6.07) is 10.7. The fourth-order valence-electron chi connectivity index (χ4n) is 1.75. The van der Waals surface area contributed by atoms with Gasteiger partial charge in [-0.2, -0.15) is 9.05 Å². The first-order valence-electron chi connectivity index (χ1n) is 5.44. The van der Waals surface area contributed by atoms with E-state index in [0.717, 1.165) is 6.42 Å². The number of hydrogen-bond donors (Lipinski definition) is 2. The number of thiol groups is 1. The highest BCUT2D eigenvalue weighted by atomic mass is 32.7. The molecule has 0 bridgehead atoms. The second kappa shape index (κ2) is 5.48. The van der Waals surface area contributed by atoms with E-state index in [0.29, 0.717) is 19.3 Å². The van der Waals surface area contributed by atoms with E-state index >= 15 is 0 Å². The molecule has 1 saturated heterocycles. The van der Waals surface area contributed by atoms with E-state index < -0.39 is 7.07 Å². The first-order chi connectivity index (χ1) is 7.72. The van der Waals surface area contributed by atoms with Crippen molar-refractivity contribution in [3.63, 3.8) is 0 Å². The van der Waals surface area contributed by atoms with Gasteiger partial charge in [0.25, 0.3) is 0 Å². The summed E-state index contributed by atoms with van der Waals surface area (Å²) in [5.41, 5.74) is 1.31. The van der Waals surface area contributed by atoms with Crippen molar-refractivity contribution in [2.75, 3.05) is 13.2 Å². The van der Waals surface area contributed by atoms with Crippen molar-refractivity contribution in [2.45, 2.75) is 19.4 Å². The Morgan fingerprint density at radius 2 is 2.25 bits per heavy atom. The van der Waals surface area contributed by atoms with Crippen LogP contribution in [0.5, 0.6) is 0 Å². The van der Waals surface area contributed by atoms with E-state index in [1.54, 1.807) is 0 Å². The zero-order valence-electron chi connectivity index (χ0n) is 9.30. The summed E-state index contributed by atoms with van der Waals surface area (Å²) < 4.78 is 11.1. The molecule has 16 heavy (non-hydrogen) atoms. The van der Waals surface area contributed by atoms with Gasteiger partial charge in [0.2, 0.25) is 0 Å². The van der Waals surface area contributed by atoms with Gasteiger partial charge in [-0.1, -0.05) is 30.3 Å². The molecular formula is C11H17NO2PS+. The van der Waals surface area contributed by atoms with Crippen LogP contribution in [0, 0.1) is 0 Å². The van der Waals surface area contributed by atoms with Crippen LogP contribution < -0.4 is 5.09 Å². The summed E-state index contributed by atoms with van der Waals surface area (Å²) in [5.74, 6) is 0. The first-order valence-corrected chi connectivity index (χ1v) is 8.22. The predicted octanol–water partition coefficient (Wildman–Crippen LogP) is 2.86. The molecular weight excluding hydrogens is 241 g/mol. The van der Waals surface area contributed by atoms with Gasteiger partial charge in [0, 0.05) is 0 Å². The lowest BCUT2D eigenvalue weighted by atomic mass is 10.1. The molecule has 0 amide bonds. The molecule has 1 fully saturated rings. The van der Waals surface area contributed by atoms with Crippen molar-refractivity contribution in [2.24, 2.45) is 0 Å². The van der Waals surface area contributed by atoms with Crippen molar-refractivity contribution in [3.05, 3.63) is 35.9 Å². The molecule has 1 N–H and O–H groups in total. The average Bonchev–Trinajstić information content (AvgIpc) is 2.62. The standard InChI is InChI=1S/C11H17NO2PS/c1-2-13-15(16)12-11(9-14-15)8-10-6-4-3-5-7-10/h3-7,11-12,16H,2,8-9H2,1H3/q+1/t11-,15?/m0/s1. The SMILES string of the molecule is CCO[P+]1(S)N[C@@H](Cc2ccccc2)CO1. The van der Waals surface area contributed by atoms with Crippen molar-refractivity contribution in [1.29, 1.82) is 0 Å². The average molecular weight is 258 g/mol. The van der Waals surface area contributed by atoms with Crippen LogP contribution in [-0.4, -0.2) is 19.3 Å². The second-order valence-electron chi connectivity index (χ2n) is 3.75. The van der Waals surface area contributed by atoms with Crippen LogP contribution in [0.1, 0.15) is 12.5 Å². The largest absolute Gasteiger partial charge is 0.409 e. The predicted molar refractivity (Wildman–Crippen MR) is 70.6 cm³/mol. The first kappa shape index (κ1) is 12.3. The minimum atomic E-state index is -2.07. The lowest BCUT2D eigenvalue weighted by Gasteiger charge is -2.10. The summed E-state index contributed by atoms with van der Waals surface area (Å²) in [6.45, 7) is 3.25. The van der Waals surface area contributed by atoms with Gasteiger partial charge in [0.05, 0.1) is 24.9 Å². The monoisotopic (exact) mass is 258 g/mol. The van der Waals surface area contributed by atoms with E-state index in [-0.39, 0.29) is 0 Å². The molecule has 2 atom stereocenters. The minimum Gasteiger partial charge on any atom is -0.178 e. The number of benzene rings is 1. The molecule has 1 aromatic rings. The molecule has 0 aliphatic carbocycles. The molecule has 0 spiro atoms. The van der Waals surface area contributed by atoms with Gasteiger partial charge < -0.3 is 0 Å². The Labute approximate surface area is 102 Å². The Morgan fingerprint density at radius 1 is 1.50 bits per heavy atom. The smallest absolute Gasteiger partial charge is 0.178 e. The normalized spacial score (nSPS) is 29.5. The molecule has 1 unspecified atom stereocenters. The third-order valence-corrected chi connectivity index (χ3v) is 5.26. The Hall–Kier alpha value is -0.120. The van der Waals surface area contributed by atoms with Crippen LogP contribution >= 0.6 is 19.3 Å². The fraction of sp³-hybridized carbons (Fsp3) is 0.455. The molecule has 1 aliphatic heterocycles. The summed E-state index contributed by atoms with van der Waals surface area (Å²) in [6.07, 6.45) is 0.955. The van der Waals surface area contributed by atoms with Crippen molar-refractivity contribution < 1.29 is 9.05 Å². The van der Waals surface area contributed by atoms with E-state index in [1.807, 2.05) is 13.0 Å². The lowest BCUT2D eigenvalue weighted by Crippen LogP contribution is -2.25. The van der Waals surface area contributed by atoms with E-state index in [1.165, 1.54) is 5.56 Å². The van der Waals surface area contributed by atoms with Crippen LogP contribution in [0.4, 0.5) is 0 Å². The molecule has 1 heterocycles. The molecule has 2 rings (SSSR count). The number of nitrogens with one attached hydrogen (secondary N) is 1. The van der Waals surface area contributed by atoms with Gasteiger partial charge in [0.1, 0.15) is 6.61 Å². The van der Waals surface area contributed by atoms with Crippen molar-refractivity contribution in [1.82, 2.24) is 5.09 Å². The Morgan fingerprint density at radius 3 is 2.94 bits per heavy atom. The van der Waals surface area contributed by atoms with Gasteiger partial charge in [-0.25, -0.2) is 0 Å². The zero-order valence-corrected chi connectivity index (χ0v) is 11.1. The Kier molecular flexibility index (Phi) is 4.22. The highest BCUT2D eigenvalue weighted by molar-refractivity contribution is 8.48. The maximum atomic E-state index is 5.61. The molecule has 1 aromatic carbocycles. The van der Waals surface area contributed by atoms with Crippen LogP contribution in [0.2, 0.25) is 0 Å². The Balaban J connectivity index is 1.90. The fourth-order valence-corrected chi connectivity index (χ4v) is 4.37. The third-order valence-electron chi connectivity index (χ3n) is 2.43. The summed E-state index contributed by atoms with van der Waals surface area (Å²) in [5, 5.41) is 3.35. The van der Waals surface area contributed by atoms with Crippen molar-refractivity contribution >= 4 is 19.3 Å². The van der Waals surface area contributed by atoms with Gasteiger partial charge in [-0.15, -0.1) is 5.09 Å². The molecule has 0 aromatic heterocycles. The second-order valence-corrected chi connectivity index (χ2v) is 7.14. The highest BCUT2D eigenvalue weighted by Gasteiger charge is 2.47. The minimum absolute atomic E-state index is 0.305. The molecule has 0 saturated carbocycles. The van der Waals surface area contributed by atoms with Crippen LogP contribution in [0.3, 0.4) is 0 Å². The van der Waals surface area contributed by atoms with Gasteiger partial charge >= 0.3 is 7.07 Å². The molecule has 3 nitrogen and oxygen atoms in total. The molecule has 1 aliphatic rings. The maximum absolute atomic E-state index is 5.61. The third kappa shape index (κ3) is 3.19. The van der Waals surface area contributed by atoms with Gasteiger partial charge in [0.15, 0.2) is 0 Å². The van der Waals surface area contributed by atoms with Gasteiger partial charge in [-0.05, 0) is 18.9 Å². The van der Waals surface area contributed by atoms with Crippen LogP contribution in [0.25, 0.3) is 0 Å². The summed E-state index contributed by atoms with van der Waals surface area (Å²) >= 11 is 4.44. The van der Waals surface area contributed by atoms with Crippen LogP contribution in [-0.2, 0) is 15.5 Å². The van der Waals surface area contributed by atoms with Gasteiger partial charge in [-0.3, -0.25) is 0 Å². The van der Waals surface area contributed by atoms with E-state index in [2.05, 4.69) is 41.6 Å². The quantitative estimate of drug-likeness (QED) is 0.643. The molecule has 88 valence electrons. The summed E-state index contributed by atoms with van der Waals surface area (Å²) in [7, 11) is -2.07. The number of hydrogen-bond acceptors (Lipinski definition) is 4.